The summed E-state index contributed by atoms with van der Waals surface area (Å²) in [6, 6.07) is 12.1. The lowest BCUT2D eigenvalue weighted by atomic mass is 10.1. The first-order valence-corrected chi connectivity index (χ1v) is 6.21. The van der Waals surface area contributed by atoms with Crippen molar-refractivity contribution in [2.75, 3.05) is 5.32 Å². The maximum atomic E-state index is 4.33. The molecule has 0 aliphatic rings. The Kier molecular flexibility index (Phi) is 3.06. The highest BCUT2D eigenvalue weighted by Gasteiger charge is 2.08. The summed E-state index contributed by atoms with van der Waals surface area (Å²) in [5, 5.41) is 4.44. The van der Waals surface area contributed by atoms with Crippen LogP contribution in [0.25, 0.3) is 10.9 Å². The van der Waals surface area contributed by atoms with Crippen LogP contribution in [0.1, 0.15) is 18.5 Å². The van der Waals surface area contributed by atoms with Crippen molar-refractivity contribution in [3.05, 3.63) is 60.7 Å². The first-order valence-electron chi connectivity index (χ1n) is 6.21. The Balaban J connectivity index is 1.94. The molecule has 3 aromatic rings. The molecule has 19 heavy (non-hydrogen) atoms. The maximum absolute atomic E-state index is 4.33. The summed E-state index contributed by atoms with van der Waals surface area (Å²) < 4.78 is 0. The average Bonchev–Trinajstić information content (AvgIpc) is 2.48. The van der Waals surface area contributed by atoms with Crippen LogP contribution in [0.2, 0.25) is 0 Å². The largest absolute Gasteiger partial charge is 0.363 e. The number of fused-ring (bicyclic) bond motifs is 1. The highest BCUT2D eigenvalue weighted by atomic mass is 15.0. The SMILES string of the molecule is CC(Nc1ncnc2ccccc12)c1cccnc1. The summed E-state index contributed by atoms with van der Waals surface area (Å²) in [7, 11) is 0. The molecule has 0 bridgehead atoms. The molecule has 0 aliphatic carbocycles. The van der Waals surface area contributed by atoms with Crippen molar-refractivity contribution >= 4 is 16.7 Å². The molecule has 2 heterocycles. The molecule has 0 fully saturated rings. The van der Waals surface area contributed by atoms with Crippen LogP contribution in [0.4, 0.5) is 5.82 Å². The molecule has 1 aromatic carbocycles. The lowest BCUT2D eigenvalue weighted by molar-refractivity contribution is 0.867. The highest BCUT2D eigenvalue weighted by Crippen LogP contribution is 2.23. The van der Waals surface area contributed by atoms with Gasteiger partial charge in [0, 0.05) is 17.8 Å². The van der Waals surface area contributed by atoms with Crippen LogP contribution in [0, 0.1) is 0 Å². The number of benzene rings is 1. The number of anilines is 1. The molecule has 4 heteroatoms. The summed E-state index contributed by atoms with van der Waals surface area (Å²) in [5.74, 6) is 0.849. The number of hydrogen-bond donors (Lipinski definition) is 1. The molecule has 1 N–H and O–H groups in total. The number of rotatable bonds is 3. The number of nitrogens with one attached hydrogen (secondary N) is 1. The molecule has 4 nitrogen and oxygen atoms in total. The third-order valence-electron chi connectivity index (χ3n) is 3.08. The van der Waals surface area contributed by atoms with Gasteiger partial charge in [0.15, 0.2) is 0 Å². The minimum atomic E-state index is 0.145. The Bertz CT molecular complexity index is 677. The zero-order valence-electron chi connectivity index (χ0n) is 10.6. The smallest absolute Gasteiger partial charge is 0.137 e. The van der Waals surface area contributed by atoms with Crippen LogP contribution in [0.5, 0.6) is 0 Å². The number of para-hydroxylation sites is 1. The van der Waals surface area contributed by atoms with E-state index in [1.807, 2.05) is 42.6 Å². The maximum Gasteiger partial charge on any atom is 0.137 e. The second-order valence-corrected chi connectivity index (χ2v) is 4.39. The fourth-order valence-corrected chi connectivity index (χ4v) is 2.04. The molecule has 0 radical (unpaired) electrons. The van der Waals surface area contributed by atoms with Crippen LogP contribution in [0.3, 0.4) is 0 Å². The quantitative estimate of drug-likeness (QED) is 0.775. The molecular formula is C15H14N4. The number of nitrogens with zero attached hydrogens (tertiary/aromatic N) is 3. The zero-order chi connectivity index (χ0) is 13.1. The van der Waals surface area contributed by atoms with Gasteiger partial charge in [-0.3, -0.25) is 4.98 Å². The Morgan fingerprint density at radius 3 is 2.79 bits per heavy atom. The van der Waals surface area contributed by atoms with Gasteiger partial charge in [0.05, 0.1) is 11.6 Å². The van der Waals surface area contributed by atoms with Gasteiger partial charge in [-0.1, -0.05) is 18.2 Å². The summed E-state index contributed by atoms with van der Waals surface area (Å²) >= 11 is 0. The topological polar surface area (TPSA) is 50.7 Å². The summed E-state index contributed by atoms with van der Waals surface area (Å²) in [6.07, 6.45) is 5.22. The van der Waals surface area contributed by atoms with E-state index < -0.39 is 0 Å². The zero-order valence-corrected chi connectivity index (χ0v) is 10.6. The Hall–Kier alpha value is -2.49. The third-order valence-corrected chi connectivity index (χ3v) is 3.08. The van der Waals surface area contributed by atoms with Gasteiger partial charge in [0.2, 0.25) is 0 Å². The monoisotopic (exact) mass is 250 g/mol. The third kappa shape index (κ3) is 2.38. The van der Waals surface area contributed by atoms with E-state index >= 15 is 0 Å². The van der Waals surface area contributed by atoms with Crippen molar-refractivity contribution < 1.29 is 0 Å². The van der Waals surface area contributed by atoms with Crippen LogP contribution in [-0.2, 0) is 0 Å². The summed E-state index contributed by atoms with van der Waals surface area (Å²) in [5.41, 5.74) is 2.07. The summed E-state index contributed by atoms with van der Waals surface area (Å²) in [6.45, 7) is 2.09. The molecule has 1 unspecified atom stereocenters. The Morgan fingerprint density at radius 2 is 1.95 bits per heavy atom. The average molecular weight is 250 g/mol. The minimum absolute atomic E-state index is 0.145. The fourth-order valence-electron chi connectivity index (χ4n) is 2.04. The van der Waals surface area contributed by atoms with Gasteiger partial charge in [-0.25, -0.2) is 9.97 Å². The summed E-state index contributed by atoms with van der Waals surface area (Å²) in [4.78, 5) is 12.7. The van der Waals surface area contributed by atoms with Gasteiger partial charge in [0.1, 0.15) is 12.1 Å². The number of hydrogen-bond acceptors (Lipinski definition) is 4. The van der Waals surface area contributed by atoms with E-state index in [0.29, 0.717) is 0 Å². The van der Waals surface area contributed by atoms with Crippen molar-refractivity contribution in [1.29, 1.82) is 0 Å². The number of pyridine rings is 1. The molecule has 2 aromatic heterocycles. The van der Waals surface area contributed by atoms with Crippen LogP contribution < -0.4 is 5.32 Å². The molecular weight excluding hydrogens is 236 g/mol. The van der Waals surface area contributed by atoms with Crippen LogP contribution in [0.15, 0.2) is 55.1 Å². The van der Waals surface area contributed by atoms with Crippen LogP contribution >= 0.6 is 0 Å². The van der Waals surface area contributed by atoms with Crippen molar-refractivity contribution in [2.24, 2.45) is 0 Å². The van der Waals surface area contributed by atoms with Gasteiger partial charge in [-0.15, -0.1) is 0 Å². The van der Waals surface area contributed by atoms with E-state index in [0.717, 1.165) is 22.3 Å². The molecule has 0 amide bonds. The van der Waals surface area contributed by atoms with E-state index in [-0.39, 0.29) is 6.04 Å². The molecule has 1 atom stereocenters. The van der Waals surface area contributed by atoms with Crippen molar-refractivity contribution in [2.45, 2.75) is 13.0 Å². The molecule has 0 spiro atoms. The van der Waals surface area contributed by atoms with Gasteiger partial charge in [-0.05, 0) is 30.7 Å². The fraction of sp³-hybridized carbons (Fsp3) is 0.133. The first kappa shape index (κ1) is 11.6. The minimum Gasteiger partial charge on any atom is -0.363 e. The Morgan fingerprint density at radius 1 is 1.05 bits per heavy atom. The van der Waals surface area contributed by atoms with Crippen molar-refractivity contribution in [3.63, 3.8) is 0 Å². The first-order chi connectivity index (χ1) is 9.34. The van der Waals surface area contributed by atoms with Crippen molar-refractivity contribution in [3.8, 4) is 0 Å². The van der Waals surface area contributed by atoms with E-state index in [1.54, 1.807) is 12.5 Å². The van der Waals surface area contributed by atoms with E-state index in [2.05, 4.69) is 27.2 Å². The standard InChI is InChI=1S/C15H14N4/c1-11(12-5-4-8-16-9-12)19-15-13-6-2-3-7-14(13)17-10-18-15/h2-11H,1H3,(H,17,18,19). The molecule has 0 saturated heterocycles. The number of aromatic nitrogens is 3. The highest BCUT2D eigenvalue weighted by molar-refractivity contribution is 5.88. The predicted octanol–water partition coefficient (Wildman–Crippen LogP) is 3.20. The second-order valence-electron chi connectivity index (χ2n) is 4.39. The Labute approximate surface area is 111 Å². The molecule has 94 valence electrons. The second kappa shape index (κ2) is 5.02. The molecule has 0 aliphatic heterocycles. The van der Waals surface area contributed by atoms with Crippen LogP contribution in [-0.4, -0.2) is 15.0 Å². The lowest BCUT2D eigenvalue weighted by Crippen LogP contribution is -2.08. The van der Waals surface area contributed by atoms with Gasteiger partial charge >= 0.3 is 0 Å². The van der Waals surface area contributed by atoms with E-state index in [9.17, 15) is 0 Å². The normalized spacial score (nSPS) is 12.3. The predicted molar refractivity (Wildman–Crippen MR) is 75.8 cm³/mol. The van der Waals surface area contributed by atoms with Gasteiger partial charge < -0.3 is 5.32 Å². The van der Waals surface area contributed by atoms with Crippen molar-refractivity contribution in [1.82, 2.24) is 15.0 Å². The lowest BCUT2D eigenvalue weighted by Gasteiger charge is -2.15. The molecule has 3 rings (SSSR count). The van der Waals surface area contributed by atoms with E-state index in [1.165, 1.54) is 0 Å². The van der Waals surface area contributed by atoms with Gasteiger partial charge in [0.25, 0.3) is 0 Å². The van der Waals surface area contributed by atoms with E-state index in [4.69, 9.17) is 0 Å². The molecule has 0 saturated carbocycles. The van der Waals surface area contributed by atoms with Gasteiger partial charge in [-0.2, -0.15) is 0 Å².